The van der Waals surface area contributed by atoms with Crippen LogP contribution in [0.1, 0.15) is 10.6 Å². The zero-order valence-corrected chi connectivity index (χ0v) is 5.53. The van der Waals surface area contributed by atoms with Crippen molar-refractivity contribution in [3.05, 3.63) is 18.2 Å². The molecule has 10 heavy (non-hydrogen) atoms. The number of carbonyl (C=O) groups is 1. The van der Waals surface area contributed by atoms with E-state index in [2.05, 4.69) is 4.98 Å². The fourth-order valence-corrected chi connectivity index (χ4v) is 0.649. The highest BCUT2D eigenvalue weighted by Crippen LogP contribution is 1.91. The molecule has 0 atom stereocenters. The number of hydrogen-bond acceptors (Lipinski definition) is 3. The van der Waals surface area contributed by atoms with Gasteiger partial charge in [0.2, 0.25) is 0 Å². The highest BCUT2D eigenvalue weighted by atomic mass is 16.2. The average Bonchev–Trinajstić information content (AvgIpc) is 2.34. The standard InChI is InChI=1S/C5H8N4O/c1-9-3-2-7-4(9)5(10)8-6/h2-3H,6H2,1H3,(H,8,10). The monoisotopic (exact) mass is 140 g/mol. The first kappa shape index (κ1) is 6.76. The second kappa shape index (κ2) is 2.49. The maximum absolute atomic E-state index is 10.8. The minimum absolute atomic E-state index is 0.308. The van der Waals surface area contributed by atoms with E-state index in [0.717, 1.165) is 0 Å². The molecular formula is C5H8N4O. The van der Waals surface area contributed by atoms with Crippen LogP contribution in [-0.2, 0) is 7.05 Å². The summed E-state index contributed by atoms with van der Waals surface area (Å²) in [5.41, 5.74) is 1.99. The number of nitrogen functional groups attached to an aromatic ring is 1. The fraction of sp³-hybridized carbons (Fsp3) is 0.200. The summed E-state index contributed by atoms with van der Waals surface area (Å²) in [6.45, 7) is 0. The lowest BCUT2D eigenvalue weighted by Gasteiger charge is -1.97. The van der Waals surface area contributed by atoms with Crippen LogP contribution in [0.2, 0.25) is 0 Å². The number of aryl methyl sites for hydroxylation is 1. The normalized spacial score (nSPS) is 9.40. The Labute approximate surface area is 57.8 Å². The van der Waals surface area contributed by atoms with Gasteiger partial charge in [-0.3, -0.25) is 10.2 Å². The lowest BCUT2D eigenvalue weighted by Crippen LogP contribution is -2.32. The lowest BCUT2D eigenvalue weighted by atomic mass is 10.6. The quantitative estimate of drug-likeness (QED) is 0.299. The zero-order valence-electron chi connectivity index (χ0n) is 5.53. The minimum Gasteiger partial charge on any atom is -0.330 e. The van der Waals surface area contributed by atoms with Gasteiger partial charge in [0.25, 0.3) is 0 Å². The van der Waals surface area contributed by atoms with E-state index < -0.39 is 0 Å². The van der Waals surface area contributed by atoms with Gasteiger partial charge in [-0.25, -0.2) is 10.8 Å². The molecule has 0 radical (unpaired) electrons. The Morgan fingerprint density at radius 1 is 1.90 bits per heavy atom. The number of nitrogens with zero attached hydrogens (tertiary/aromatic N) is 2. The van der Waals surface area contributed by atoms with E-state index in [1.54, 1.807) is 17.8 Å². The molecule has 0 aliphatic carbocycles. The predicted molar refractivity (Wildman–Crippen MR) is 34.9 cm³/mol. The largest absolute Gasteiger partial charge is 0.330 e. The third kappa shape index (κ3) is 0.985. The first-order valence-corrected chi connectivity index (χ1v) is 2.74. The molecule has 54 valence electrons. The molecular weight excluding hydrogens is 132 g/mol. The molecule has 5 heteroatoms. The molecule has 0 spiro atoms. The predicted octanol–water partition coefficient (Wildman–Crippen LogP) is -0.976. The maximum atomic E-state index is 10.8. The van der Waals surface area contributed by atoms with Gasteiger partial charge >= 0.3 is 5.91 Å². The van der Waals surface area contributed by atoms with E-state index in [1.807, 2.05) is 5.43 Å². The number of imidazole rings is 1. The summed E-state index contributed by atoms with van der Waals surface area (Å²) in [7, 11) is 1.72. The Kier molecular flexibility index (Phi) is 1.68. The summed E-state index contributed by atoms with van der Waals surface area (Å²) < 4.78 is 1.59. The number of carbonyl (C=O) groups excluding carboxylic acids is 1. The zero-order chi connectivity index (χ0) is 7.56. The van der Waals surface area contributed by atoms with Gasteiger partial charge in [0, 0.05) is 19.4 Å². The molecule has 0 unspecified atom stereocenters. The highest BCUT2D eigenvalue weighted by Gasteiger charge is 2.06. The molecule has 5 nitrogen and oxygen atoms in total. The molecule has 1 aromatic heterocycles. The third-order valence-corrected chi connectivity index (χ3v) is 1.16. The molecule has 3 N–H and O–H groups in total. The Morgan fingerprint density at radius 2 is 2.60 bits per heavy atom. The lowest BCUT2D eigenvalue weighted by molar-refractivity contribution is 0.0940. The Hall–Kier alpha value is -1.36. The summed E-state index contributed by atoms with van der Waals surface area (Å²) in [5, 5.41) is 0. The first-order chi connectivity index (χ1) is 4.75. The highest BCUT2D eigenvalue weighted by molar-refractivity contribution is 5.90. The molecule has 0 bridgehead atoms. The molecule has 1 heterocycles. The summed E-state index contributed by atoms with van der Waals surface area (Å²) in [6, 6.07) is 0. The van der Waals surface area contributed by atoms with Gasteiger partial charge in [-0.15, -0.1) is 0 Å². The van der Waals surface area contributed by atoms with Gasteiger partial charge in [0.1, 0.15) is 0 Å². The van der Waals surface area contributed by atoms with Crippen molar-refractivity contribution in [2.75, 3.05) is 0 Å². The summed E-state index contributed by atoms with van der Waals surface area (Å²) in [6.07, 6.45) is 3.20. The van der Waals surface area contributed by atoms with E-state index in [-0.39, 0.29) is 5.91 Å². The molecule has 0 saturated heterocycles. The number of hydrazine groups is 1. The summed E-state index contributed by atoms with van der Waals surface area (Å²) in [4.78, 5) is 14.5. The van der Waals surface area contributed by atoms with Crippen LogP contribution >= 0.6 is 0 Å². The van der Waals surface area contributed by atoms with Crippen LogP contribution in [0.15, 0.2) is 12.4 Å². The van der Waals surface area contributed by atoms with Crippen LogP contribution in [0.5, 0.6) is 0 Å². The second-order valence-electron chi connectivity index (χ2n) is 1.84. The van der Waals surface area contributed by atoms with Crippen molar-refractivity contribution in [2.24, 2.45) is 12.9 Å². The van der Waals surface area contributed by atoms with Crippen molar-refractivity contribution >= 4 is 5.91 Å². The molecule has 0 fully saturated rings. The van der Waals surface area contributed by atoms with Crippen molar-refractivity contribution in [3.8, 4) is 0 Å². The number of rotatable bonds is 1. The smallest absolute Gasteiger partial charge is 0.301 e. The minimum atomic E-state index is -0.382. The Morgan fingerprint density at radius 3 is 3.00 bits per heavy atom. The molecule has 0 saturated carbocycles. The van der Waals surface area contributed by atoms with E-state index in [0.29, 0.717) is 5.82 Å². The SMILES string of the molecule is Cn1ccnc1C(=O)NN. The number of nitrogens with one attached hydrogen (secondary N) is 1. The summed E-state index contributed by atoms with van der Waals surface area (Å²) >= 11 is 0. The van der Waals surface area contributed by atoms with Crippen LogP contribution in [0.3, 0.4) is 0 Å². The number of nitrogens with two attached hydrogens (primary N) is 1. The van der Waals surface area contributed by atoms with Crippen molar-refractivity contribution in [1.82, 2.24) is 15.0 Å². The van der Waals surface area contributed by atoms with Crippen molar-refractivity contribution in [1.29, 1.82) is 0 Å². The molecule has 0 aromatic carbocycles. The topological polar surface area (TPSA) is 72.9 Å². The van der Waals surface area contributed by atoms with Gasteiger partial charge in [0.05, 0.1) is 0 Å². The van der Waals surface area contributed by atoms with Crippen molar-refractivity contribution in [2.45, 2.75) is 0 Å². The van der Waals surface area contributed by atoms with Crippen LogP contribution in [0.4, 0.5) is 0 Å². The van der Waals surface area contributed by atoms with Crippen molar-refractivity contribution in [3.63, 3.8) is 0 Å². The number of aromatic nitrogens is 2. The van der Waals surface area contributed by atoms with Gasteiger partial charge < -0.3 is 4.57 Å². The molecule has 1 rings (SSSR count). The third-order valence-electron chi connectivity index (χ3n) is 1.16. The molecule has 0 aliphatic heterocycles. The van der Waals surface area contributed by atoms with E-state index in [1.165, 1.54) is 6.20 Å². The van der Waals surface area contributed by atoms with E-state index >= 15 is 0 Å². The Balaban J connectivity index is 2.93. The first-order valence-electron chi connectivity index (χ1n) is 2.74. The van der Waals surface area contributed by atoms with Gasteiger partial charge in [-0.2, -0.15) is 0 Å². The van der Waals surface area contributed by atoms with Crippen LogP contribution in [-0.4, -0.2) is 15.5 Å². The fourth-order valence-electron chi connectivity index (χ4n) is 0.649. The van der Waals surface area contributed by atoms with E-state index in [9.17, 15) is 4.79 Å². The second-order valence-corrected chi connectivity index (χ2v) is 1.84. The van der Waals surface area contributed by atoms with Gasteiger partial charge in [-0.1, -0.05) is 0 Å². The van der Waals surface area contributed by atoms with Crippen LogP contribution in [0, 0.1) is 0 Å². The molecule has 1 aromatic rings. The van der Waals surface area contributed by atoms with Gasteiger partial charge in [-0.05, 0) is 0 Å². The van der Waals surface area contributed by atoms with Gasteiger partial charge in [0.15, 0.2) is 5.82 Å². The molecule has 0 aliphatic rings. The Bertz CT molecular complexity index is 242. The maximum Gasteiger partial charge on any atom is 0.301 e. The summed E-state index contributed by atoms with van der Waals surface area (Å²) in [5.74, 6) is 4.81. The van der Waals surface area contributed by atoms with E-state index in [4.69, 9.17) is 5.84 Å². The average molecular weight is 140 g/mol. The number of amides is 1. The molecule has 1 amide bonds. The number of hydrogen-bond donors (Lipinski definition) is 2. The van der Waals surface area contributed by atoms with Crippen molar-refractivity contribution < 1.29 is 4.79 Å². The van der Waals surface area contributed by atoms with Crippen LogP contribution in [0.25, 0.3) is 0 Å². The van der Waals surface area contributed by atoms with Crippen LogP contribution < -0.4 is 11.3 Å².